The summed E-state index contributed by atoms with van der Waals surface area (Å²) >= 11 is 3.37. The maximum atomic E-state index is 11.1. The summed E-state index contributed by atoms with van der Waals surface area (Å²) in [6.07, 6.45) is 0. The van der Waals surface area contributed by atoms with Crippen LogP contribution in [0.25, 0.3) is 0 Å². The third kappa shape index (κ3) is 3.99. The average Bonchev–Trinajstić information content (AvgIpc) is 2.30. The summed E-state index contributed by atoms with van der Waals surface area (Å²) in [4.78, 5) is 11.1. The van der Waals surface area contributed by atoms with E-state index in [1.165, 1.54) is 0 Å². The van der Waals surface area contributed by atoms with Gasteiger partial charge in [0.15, 0.2) is 0 Å². The summed E-state index contributed by atoms with van der Waals surface area (Å²) < 4.78 is 6.19. The molecular weight excluding hydrogens is 298 g/mol. The molecular formula is C13H18BrNO3. The molecule has 0 aliphatic carbocycles. The number of carboxylic acids is 1. The van der Waals surface area contributed by atoms with E-state index in [2.05, 4.69) is 21.2 Å². The van der Waals surface area contributed by atoms with E-state index in [0.29, 0.717) is 6.54 Å². The van der Waals surface area contributed by atoms with Gasteiger partial charge in [0.25, 0.3) is 0 Å². The number of nitrogens with one attached hydrogen (secondary N) is 1. The predicted octanol–water partition coefficient (Wildman–Crippen LogP) is 2.66. The molecule has 0 radical (unpaired) electrons. The van der Waals surface area contributed by atoms with Gasteiger partial charge < -0.3 is 9.84 Å². The van der Waals surface area contributed by atoms with Crippen molar-refractivity contribution in [1.29, 1.82) is 0 Å². The molecule has 5 heteroatoms. The molecule has 1 atom stereocenters. The lowest BCUT2D eigenvalue weighted by atomic mass is 10.0. The first-order chi connectivity index (χ1) is 8.45. The largest absolute Gasteiger partial charge is 0.496 e. The van der Waals surface area contributed by atoms with Gasteiger partial charge in [-0.05, 0) is 18.1 Å². The molecule has 0 aliphatic heterocycles. The van der Waals surface area contributed by atoms with Crippen molar-refractivity contribution in [3.63, 3.8) is 0 Å². The van der Waals surface area contributed by atoms with Gasteiger partial charge >= 0.3 is 5.97 Å². The second kappa shape index (κ2) is 6.75. The highest BCUT2D eigenvalue weighted by Crippen LogP contribution is 2.23. The number of aliphatic carboxylic acids is 1. The molecule has 0 amide bonds. The Hall–Kier alpha value is -1.07. The van der Waals surface area contributed by atoms with E-state index in [4.69, 9.17) is 9.84 Å². The fraction of sp³-hybridized carbons (Fsp3) is 0.462. The zero-order valence-corrected chi connectivity index (χ0v) is 12.3. The molecule has 100 valence electrons. The van der Waals surface area contributed by atoms with Gasteiger partial charge in [-0.25, -0.2) is 0 Å². The quantitative estimate of drug-likeness (QED) is 0.847. The normalized spacial score (nSPS) is 12.5. The van der Waals surface area contributed by atoms with Crippen LogP contribution in [0.2, 0.25) is 0 Å². The minimum atomic E-state index is -0.832. The van der Waals surface area contributed by atoms with Gasteiger partial charge in [-0.1, -0.05) is 35.8 Å². The van der Waals surface area contributed by atoms with Crippen LogP contribution in [-0.4, -0.2) is 24.2 Å². The van der Waals surface area contributed by atoms with Crippen LogP contribution in [0.4, 0.5) is 0 Å². The minimum Gasteiger partial charge on any atom is -0.496 e. The van der Waals surface area contributed by atoms with Crippen LogP contribution >= 0.6 is 15.9 Å². The Morgan fingerprint density at radius 1 is 1.50 bits per heavy atom. The molecule has 2 N–H and O–H groups in total. The molecule has 4 nitrogen and oxygen atoms in total. The number of rotatable bonds is 6. The van der Waals surface area contributed by atoms with Gasteiger partial charge in [-0.15, -0.1) is 0 Å². The van der Waals surface area contributed by atoms with Gasteiger partial charge in [0.1, 0.15) is 11.8 Å². The van der Waals surface area contributed by atoms with E-state index in [9.17, 15) is 4.79 Å². The van der Waals surface area contributed by atoms with Crippen LogP contribution in [0, 0.1) is 5.92 Å². The van der Waals surface area contributed by atoms with Crippen molar-refractivity contribution in [3.8, 4) is 5.75 Å². The number of carboxylic acid groups (broad SMARTS) is 1. The molecule has 0 saturated carbocycles. The van der Waals surface area contributed by atoms with E-state index in [1.54, 1.807) is 7.11 Å². The Morgan fingerprint density at radius 3 is 2.67 bits per heavy atom. The molecule has 1 aromatic carbocycles. The molecule has 0 bridgehead atoms. The highest BCUT2D eigenvalue weighted by Gasteiger charge is 2.20. The molecule has 0 spiro atoms. The summed E-state index contributed by atoms with van der Waals surface area (Å²) in [7, 11) is 1.60. The van der Waals surface area contributed by atoms with Crippen LogP contribution < -0.4 is 10.1 Å². The summed E-state index contributed by atoms with van der Waals surface area (Å²) in [5, 5.41) is 12.1. The molecule has 0 heterocycles. The molecule has 0 aromatic heterocycles. The lowest BCUT2D eigenvalue weighted by molar-refractivity contribution is -0.140. The molecule has 0 aliphatic rings. The van der Waals surface area contributed by atoms with Crippen LogP contribution in [0.5, 0.6) is 5.75 Å². The van der Waals surface area contributed by atoms with Gasteiger partial charge in [0.05, 0.1) is 7.11 Å². The van der Waals surface area contributed by atoms with Gasteiger partial charge in [0, 0.05) is 16.6 Å². The van der Waals surface area contributed by atoms with E-state index in [1.807, 2.05) is 32.0 Å². The lowest BCUT2D eigenvalue weighted by Crippen LogP contribution is -2.40. The molecule has 1 aromatic rings. The summed E-state index contributed by atoms with van der Waals surface area (Å²) in [6.45, 7) is 4.22. The zero-order chi connectivity index (χ0) is 13.7. The third-order valence-corrected chi connectivity index (χ3v) is 3.19. The Balaban J connectivity index is 2.76. The van der Waals surface area contributed by atoms with E-state index in [-0.39, 0.29) is 5.92 Å². The van der Waals surface area contributed by atoms with Crippen molar-refractivity contribution in [2.75, 3.05) is 7.11 Å². The summed E-state index contributed by atoms with van der Waals surface area (Å²) in [5.41, 5.74) is 0.938. The number of hydrogen-bond acceptors (Lipinski definition) is 3. The van der Waals surface area contributed by atoms with Gasteiger partial charge in [-0.2, -0.15) is 0 Å². The molecule has 18 heavy (non-hydrogen) atoms. The highest BCUT2D eigenvalue weighted by atomic mass is 79.9. The molecule has 0 saturated heterocycles. The van der Waals surface area contributed by atoms with Crippen molar-refractivity contribution < 1.29 is 14.6 Å². The monoisotopic (exact) mass is 315 g/mol. The van der Waals surface area contributed by atoms with Gasteiger partial charge in [-0.3, -0.25) is 10.1 Å². The molecule has 0 unspecified atom stereocenters. The number of ether oxygens (including phenoxy) is 1. The summed E-state index contributed by atoms with van der Waals surface area (Å²) in [6, 6.07) is 5.13. The van der Waals surface area contributed by atoms with Crippen molar-refractivity contribution in [2.45, 2.75) is 26.4 Å². The first-order valence-corrected chi connectivity index (χ1v) is 6.53. The molecule has 0 fully saturated rings. The predicted molar refractivity (Wildman–Crippen MR) is 73.8 cm³/mol. The van der Waals surface area contributed by atoms with Crippen molar-refractivity contribution in [2.24, 2.45) is 5.92 Å². The maximum Gasteiger partial charge on any atom is 0.320 e. The van der Waals surface area contributed by atoms with E-state index < -0.39 is 12.0 Å². The number of benzene rings is 1. The topological polar surface area (TPSA) is 58.6 Å². The minimum absolute atomic E-state index is 0.0314. The Labute approximate surface area is 115 Å². The lowest BCUT2D eigenvalue weighted by Gasteiger charge is -2.18. The Morgan fingerprint density at radius 2 is 2.17 bits per heavy atom. The van der Waals surface area contributed by atoms with Crippen molar-refractivity contribution in [3.05, 3.63) is 28.2 Å². The van der Waals surface area contributed by atoms with Crippen LogP contribution in [0.1, 0.15) is 19.4 Å². The number of carbonyl (C=O) groups is 1. The SMILES string of the molecule is COc1cc(Br)ccc1CN[C@@H](C(=O)O)C(C)C. The fourth-order valence-electron chi connectivity index (χ4n) is 1.69. The second-order valence-corrected chi connectivity index (χ2v) is 5.31. The smallest absolute Gasteiger partial charge is 0.320 e. The van der Waals surface area contributed by atoms with Gasteiger partial charge in [0.2, 0.25) is 0 Å². The molecule has 1 rings (SSSR count). The zero-order valence-electron chi connectivity index (χ0n) is 10.7. The fourth-order valence-corrected chi connectivity index (χ4v) is 2.03. The van der Waals surface area contributed by atoms with E-state index in [0.717, 1.165) is 15.8 Å². The number of methoxy groups -OCH3 is 1. The average molecular weight is 316 g/mol. The first-order valence-electron chi connectivity index (χ1n) is 5.74. The Bertz CT molecular complexity index is 421. The number of halogens is 1. The standard InChI is InChI=1S/C13H18BrNO3/c1-8(2)12(13(16)17)15-7-9-4-5-10(14)6-11(9)18-3/h4-6,8,12,15H,7H2,1-3H3,(H,16,17)/t12-/m1/s1. The third-order valence-electron chi connectivity index (χ3n) is 2.69. The van der Waals surface area contributed by atoms with Crippen LogP contribution in [0.3, 0.4) is 0 Å². The van der Waals surface area contributed by atoms with Crippen molar-refractivity contribution >= 4 is 21.9 Å². The van der Waals surface area contributed by atoms with Crippen molar-refractivity contribution in [1.82, 2.24) is 5.32 Å². The Kier molecular flexibility index (Phi) is 5.62. The van der Waals surface area contributed by atoms with Crippen LogP contribution in [-0.2, 0) is 11.3 Å². The van der Waals surface area contributed by atoms with Crippen LogP contribution in [0.15, 0.2) is 22.7 Å². The second-order valence-electron chi connectivity index (χ2n) is 4.40. The first kappa shape index (κ1) is 15.0. The summed E-state index contributed by atoms with van der Waals surface area (Å²) in [5.74, 6) is -0.0604. The maximum absolute atomic E-state index is 11.1. The highest BCUT2D eigenvalue weighted by molar-refractivity contribution is 9.10. The number of hydrogen-bond donors (Lipinski definition) is 2. The van der Waals surface area contributed by atoms with E-state index >= 15 is 0 Å².